The van der Waals surface area contributed by atoms with Gasteiger partial charge in [0, 0.05) is 18.2 Å². The number of fused-ring (bicyclic) bond motifs is 1. The second-order valence-electron chi connectivity index (χ2n) is 2.95. The second kappa shape index (κ2) is 4.28. The Balaban J connectivity index is 2.41. The van der Waals surface area contributed by atoms with E-state index in [-0.39, 0.29) is 5.95 Å². The maximum atomic E-state index is 5.74. The lowest BCUT2D eigenvalue weighted by molar-refractivity contribution is 1.01. The van der Waals surface area contributed by atoms with Gasteiger partial charge in [-0.3, -0.25) is 0 Å². The number of aromatic nitrogens is 4. The number of nitrogens with one attached hydrogen (secondary N) is 1. The van der Waals surface area contributed by atoms with E-state index in [0.29, 0.717) is 22.1 Å². The van der Waals surface area contributed by atoms with Crippen LogP contribution in [0.2, 0.25) is 0 Å². The highest BCUT2D eigenvalue weighted by Crippen LogP contribution is 2.20. The molecule has 0 aliphatic carbocycles. The monoisotopic (exact) mass is 234 g/mol. The molecule has 0 aromatic carbocycles. The van der Waals surface area contributed by atoms with Crippen LogP contribution < -0.4 is 11.5 Å². The molecule has 16 heavy (non-hydrogen) atoms. The van der Waals surface area contributed by atoms with E-state index in [1.54, 1.807) is 0 Å². The standard InChI is InChI=1S/C9H10N6S/c1-2-3-4-16-9-13-6(10)5-7(15-9)14-8(11)12-5/h2H2,1H3,(H5,10,11,12,13,14,15). The van der Waals surface area contributed by atoms with Gasteiger partial charge in [0.1, 0.15) is 5.52 Å². The van der Waals surface area contributed by atoms with Gasteiger partial charge in [0.15, 0.2) is 17.4 Å². The smallest absolute Gasteiger partial charge is 0.204 e. The molecule has 6 nitrogen and oxygen atoms in total. The molecule has 7 heteroatoms. The van der Waals surface area contributed by atoms with Gasteiger partial charge in [-0.2, -0.15) is 9.97 Å². The summed E-state index contributed by atoms with van der Waals surface area (Å²) >= 11 is 1.23. The molecule has 0 unspecified atom stereocenters. The van der Waals surface area contributed by atoms with Crippen LogP contribution in [-0.2, 0) is 0 Å². The van der Waals surface area contributed by atoms with Crippen LogP contribution in [-0.4, -0.2) is 19.9 Å². The third-order valence-electron chi connectivity index (χ3n) is 1.77. The zero-order valence-corrected chi connectivity index (χ0v) is 9.43. The quantitative estimate of drug-likeness (QED) is 0.386. The Bertz CT molecular complexity index is 579. The van der Waals surface area contributed by atoms with Crippen molar-refractivity contribution in [1.82, 2.24) is 19.9 Å². The third kappa shape index (κ3) is 2.01. The Morgan fingerprint density at radius 3 is 2.88 bits per heavy atom. The summed E-state index contributed by atoms with van der Waals surface area (Å²) in [5.74, 6) is 3.51. The maximum absolute atomic E-state index is 5.74. The van der Waals surface area contributed by atoms with Crippen LogP contribution in [0, 0.1) is 11.2 Å². The number of aromatic amines is 1. The summed E-state index contributed by atoms with van der Waals surface area (Å²) in [5, 5.41) is 3.35. The van der Waals surface area contributed by atoms with Crippen LogP contribution in [0.5, 0.6) is 0 Å². The van der Waals surface area contributed by atoms with Crippen molar-refractivity contribution in [2.24, 2.45) is 0 Å². The Hall–Kier alpha value is -1.94. The number of hydrogen-bond acceptors (Lipinski definition) is 6. The molecule has 0 saturated carbocycles. The predicted molar refractivity (Wildman–Crippen MR) is 64.4 cm³/mol. The topological polar surface area (TPSA) is 106 Å². The van der Waals surface area contributed by atoms with E-state index in [1.807, 2.05) is 6.92 Å². The fourth-order valence-corrected chi connectivity index (χ4v) is 1.70. The highest BCUT2D eigenvalue weighted by molar-refractivity contribution is 8.03. The molecule has 0 fully saturated rings. The highest BCUT2D eigenvalue weighted by Gasteiger charge is 2.08. The first-order valence-corrected chi connectivity index (χ1v) is 5.45. The molecule has 0 spiro atoms. The van der Waals surface area contributed by atoms with Gasteiger partial charge in [0.05, 0.1) is 0 Å². The summed E-state index contributed by atoms with van der Waals surface area (Å²) in [4.78, 5) is 15.0. The van der Waals surface area contributed by atoms with Crippen molar-refractivity contribution in [3.05, 3.63) is 0 Å². The van der Waals surface area contributed by atoms with Crippen LogP contribution in [0.4, 0.5) is 11.8 Å². The number of anilines is 2. The van der Waals surface area contributed by atoms with Crippen LogP contribution in [0.25, 0.3) is 11.2 Å². The Morgan fingerprint density at radius 1 is 1.31 bits per heavy atom. The Labute approximate surface area is 96.2 Å². The van der Waals surface area contributed by atoms with Gasteiger partial charge in [0.2, 0.25) is 5.16 Å². The summed E-state index contributed by atoms with van der Waals surface area (Å²) in [5.41, 5.74) is 12.3. The van der Waals surface area contributed by atoms with Crippen LogP contribution in [0.3, 0.4) is 0 Å². The second-order valence-corrected chi connectivity index (χ2v) is 3.72. The zero-order valence-electron chi connectivity index (χ0n) is 8.61. The Morgan fingerprint density at radius 2 is 2.12 bits per heavy atom. The summed E-state index contributed by atoms with van der Waals surface area (Å²) in [7, 11) is 0. The lowest BCUT2D eigenvalue weighted by Crippen LogP contribution is -1.95. The van der Waals surface area contributed by atoms with Crippen molar-refractivity contribution in [3.63, 3.8) is 0 Å². The van der Waals surface area contributed by atoms with Gasteiger partial charge in [-0.15, -0.1) is 0 Å². The predicted octanol–water partition coefficient (Wildman–Crippen LogP) is 0.980. The molecule has 2 rings (SSSR count). The van der Waals surface area contributed by atoms with Crippen molar-refractivity contribution in [1.29, 1.82) is 0 Å². The number of nitrogen functional groups attached to an aromatic ring is 2. The van der Waals surface area contributed by atoms with Crippen LogP contribution >= 0.6 is 11.8 Å². The van der Waals surface area contributed by atoms with E-state index in [0.717, 1.165) is 6.42 Å². The number of nitrogens with zero attached hydrogens (tertiary/aromatic N) is 3. The molecular weight excluding hydrogens is 224 g/mol. The van der Waals surface area contributed by atoms with E-state index < -0.39 is 0 Å². The van der Waals surface area contributed by atoms with E-state index in [2.05, 4.69) is 31.1 Å². The van der Waals surface area contributed by atoms with Crippen LogP contribution in [0.15, 0.2) is 5.16 Å². The van der Waals surface area contributed by atoms with Gasteiger partial charge in [0.25, 0.3) is 0 Å². The lowest BCUT2D eigenvalue weighted by Gasteiger charge is -1.96. The molecule has 0 amide bonds. The molecule has 0 atom stereocenters. The van der Waals surface area contributed by atoms with Crippen molar-refractivity contribution in [2.45, 2.75) is 18.5 Å². The average Bonchev–Trinajstić information content (AvgIpc) is 2.60. The number of thioether (sulfide) groups is 1. The number of hydrogen-bond donors (Lipinski definition) is 3. The van der Waals surface area contributed by atoms with Gasteiger partial charge >= 0.3 is 0 Å². The molecule has 2 aromatic heterocycles. The molecular formula is C9H10N6S. The molecule has 0 saturated heterocycles. The molecule has 0 radical (unpaired) electrons. The molecule has 82 valence electrons. The number of imidazole rings is 1. The minimum atomic E-state index is 0.276. The molecule has 0 aliphatic rings. The maximum Gasteiger partial charge on any atom is 0.204 e. The van der Waals surface area contributed by atoms with Crippen molar-refractivity contribution >= 4 is 34.7 Å². The van der Waals surface area contributed by atoms with Gasteiger partial charge in [-0.25, -0.2) is 4.98 Å². The summed E-state index contributed by atoms with van der Waals surface area (Å²) in [6, 6.07) is 0. The fraction of sp³-hybridized carbons (Fsp3) is 0.222. The van der Waals surface area contributed by atoms with Crippen molar-refractivity contribution < 1.29 is 0 Å². The molecule has 0 aliphatic heterocycles. The summed E-state index contributed by atoms with van der Waals surface area (Å²) in [6.45, 7) is 1.97. The van der Waals surface area contributed by atoms with Gasteiger partial charge in [-0.05, 0) is 5.25 Å². The first kappa shape index (κ1) is 10.6. The molecule has 2 aromatic rings. The van der Waals surface area contributed by atoms with Gasteiger partial charge < -0.3 is 16.5 Å². The molecule has 2 heterocycles. The molecule has 5 N–H and O–H groups in total. The fourth-order valence-electron chi connectivity index (χ4n) is 1.12. The zero-order chi connectivity index (χ0) is 11.5. The highest BCUT2D eigenvalue weighted by atomic mass is 32.2. The van der Waals surface area contributed by atoms with E-state index in [4.69, 9.17) is 11.5 Å². The summed E-state index contributed by atoms with van der Waals surface area (Å²) in [6.07, 6.45) is 0.792. The van der Waals surface area contributed by atoms with Gasteiger partial charge in [-0.1, -0.05) is 12.8 Å². The summed E-state index contributed by atoms with van der Waals surface area (Å²) < 4.78 is 0. The minimum absolute atomic E-state index is 0.276. The largest absolute Gasteiger partial charge is 0.382 e. The van der Waals surface area contributed by atoms with E-state index >= 15 is 0 Å². The normalized spacial score (nSPS) is 10.1. The Kier molecular flexibility index (Phi) is 2.83. The average molecular weight is 234 g/mol. The molecule has 0 bridgehead atoms. The number of H-pyrrole nitrogens is 1. The van der Waals surface area contributed by atoms with E-state index in [1.165, 1.54) is 11.8 Å². The van der Waals surface area contributed by atoms with Crippen molar-refractivity contribution in [2.75, 3.05) is 11.5 Å². The van der Waals surface area contributed by atoms with E-state index in [9.17, 15) is 0 Å². The first-order valence-electron chi connectivity index (χ1n) is 4.64. The van der Waals surface area contributed by atoms with Crippen molar-refractivity contribution in [3.8, 4) is 11.2 Å². The SMILES string of the molecule is CCC#CSc1nc(N)c2[nH]c(N)nc2n1. The first-order chi connectivity index (χ1) is 7.70. The third-order valence-corrected chi connectivity index (χ3v) is 2.38. The van der Waals surface area contributed by atoms with Crippen LogP contribution in [0.1, 0.15) is 13.3 Å². The number of nitrogens with two attached hydrogens (primary N) is 2. The number of rotatable bonds is 1. The minimum Gasteiger partial charge on any atom is -0.382 e. The lowest BCUT2D eigenvalue weighted by atomic mass is 10.5.